The first kappa shape index (κ1) is 14.1. The van der Waals surface area contributed by atoms with Gasteiger partial charge in [0.15, 0.2) is 0 Å². The van der Waals surface area contributed by atoms with Gasteiger partial charge >= 0.3 is 0 Å². The van der Waals surface area contributed by atoms with Crippen LogP contribution in [0.2, 0.25) is 5.02 Å². The standard InChI is InChI=1S/C13H14ClF2NO2/c14-10-2-1-9(7-11(10)18)17-12(19)8-3-5-13(15,16)6-4-8/h1-2,7-8,18H,3-6H2,(H,17,19). The number of hydrogen-bond acceptors (Lipinski definition) is 2. The molecule has 0 unspecified atom stereocenters. The summed E-state index contributed by atoms with van der Waals surface area (Å²) in [6.45, 7) is 0. The van der Waals surface area contributed by atoms with E-state index in [1.165, 1.54) is 12.1 Å². The molecule has 19 heavy (non-hydrogen) atoms. The summed E-state index contributed by atoms with van der Waals surface area (Å²) in [6.07, 6.45) is -0.148. The lowest BCUT2D eigenvalue weighted by molar-refractivity contribution is -0.124. The van der Waals surface area contributed by atoms with Crippen molar-refractivity contribution in [2.24, 2.45) is 5.92 Å². The van der Waals surface area contributed by atoms with E-state index in [1.54, 1.807) is 6.07 Å². The predicted octanol–water partition coefficient (Wildman–Crippen LogP) is 3.81. The fourth-order valence-corrected chi connectivity index (χ4v) is 2.25. The predicted molar refractivity (Wildman–Crippen MR) is 68.7 cm³/mol. The van der Waals surface area contributed by atoms with Crippen molar-refractivity contribution in [3.8, 4) is 5.75 Å². The van der Waals surface area contributed by atoms with Crippen LogP contribution in [0.15, 0.2) is 18.2 Å². The Morgan fingerprint density at radius 3 is 2.58 bits per heavy atom. The normalized spacial score (nSPS) is 19.1. The van der Waals surface area contributed by atoms with Crippen molar-refractivity contribution in [3.63, 3.8) is 0 Å². The number of amides is 1. The smallest absolute Gasteiger partial charge is 0.248 e. The number of halogens is 3. The van der Waals surface area contributed by atoms with Gasteiger partial charge < -0.3 is 10.4 Å². The average Bonchev–Trinajstić information content (AvgIpc) is 2.33. The molecule has 1 aromatic rings. The molecule has 2 rings (SSSR count). The van der Waals surface area contributed by atoms with Crippen molar-refractivity contribution in [1.82, 2.24) is 0 Å². The summed E-state index contributed by atoms with van der Waals surface area (Å²) in [5, 5.41) is 12.2. The maximum Gasteiger partial charge on any atom is 0.248 e. The Balaban J connectivity index is 1.96. The van der Waals surface area contributed by atoms with Gasteiger partial charge in [0.1, 0.15) is 5.75 Å². The Morgan fingerprint density at radius 2 is 2.00 bits per heavy atom. The van der Waals surface area contributed by atoms with E-state index in [2.05, 4.69) is 5.32 Å². The zero-order chi connectivity index (χ0) is 14.0. The average molecular weight is 290 g/mol. The Labute approximate surface area is 114 Å². The van der Waals surface area contributed by atoms with Gasteiger partial charge in [-0.05, 0) is 25.0 Å². The van der Waals surface area contributed by atoms with Gasteiger partial charge in [0.05, 0.1) is 5.02 Å². The zero-order valence-electron chi connectivity index (χ0n) is 10.1. The van der Waals surface area contributed by atoms with Crippen molar-refractivity contribution in [2.45, 2.75) is 31.6 Å². The number of hydrogen-bond donors (Lipinski definition) is 2. The topological polar surface area (TPSA) is 49.3 Å². The summed E-state index contributed by atoms with van der Waals surface area (Å²) < 4.78 is 26.0. The highest BCUT2D eigenvalue weighted by atomic mass is 35.5. The van der Waals surface area contributed by atoms with Crippen LogP contribution in [0.5, 0.6) is 5.75 Å². The molecular weight excluding hydrogens is 276 g/mol. The van der Waals surface area contributed by atoms with Gasteiger partial charge in [-0.15, -0.1) is 0 Å². The van der Waals surface area contributed by atoms with Crippen LogP contribution in [0.3, 0.4) is 0 Å². The minimum absolute atomic E-state index is 0.130. The maximum atomic E-state index is 13.0. The number of carbonyl (C=O) groups is 1. The van der Waals surface area contributed by atoms with Crippen LogP contribution < -0.4 is 5.32 Å². The Hall–Kier alpha value is -1.36. The number of alkyl halides is 2. The molecule has 0 spiro atoms. The van der Waals surface area contributed by atoms with Gasteiger partial charge in [0.25, 0.3) is 0 Å². The van der Waals surface area contributed by atoms with Gasteiger partial charge in [-0.25, -0.2) is 8.78 Å². The third kappa shape index (κ3) is 3.56. The molecule has 0 bridgehead atoms. The van der Waals surface area contributed by atoms with Crippen LogP contribution in [0.25, 0.3) is 0 Å². The molecule has 0 radical (unpaired) electrons. The number of benzene rings is 1. The van der Waals surface area contributed by atoms with Crippen LogP contribution in [0.4, 0.5) is 14.5 Å². The Bertz CT molecular complexity index is 484. The minimum atomic E-state index is -2.64. The second-order valence-corrected chi connectivity index (χ2v) is 5.19. The molecule has 1 aliphatic carbocycles. The number of rotatable bonds is 2. The second kappa shape index (κ2) is 5.33. The fraction of sp³-hybridized carbons (Fsp3) is 0.462. The lowest BCUT2D eigenvalue weighted by atomic mass is 9.86. The molecule has 0 aliphatic heterocycles. The van der Waals surface area contributed by atoms with Crippen molar-refractivity contribution < 1.29 is 18.7 Å². The summed E-state index contributed by atoms with van der Waals surface area (Å²) >= 11 is 5.65. The van der Waals surface area contributed by atoms with E-state index in [0.717, 1.165) is 0 Å². The minimum Gasteiger partial charge on any atom is -0.506 e. The molecule has 104 valence electrons. The highest BCUT2D eigenvalue weighted by molar-refractivity contribution is 6.32. The first-order valence-corrected chi connectivity index (χ1v) is 6.42. The summed E-state index contributed by atoms with van der Waals surface area (Å²) in [6, 6.07) is 4.34. The molecule has 1 aromatic carbocycles. The number of nitrogens with one attached hydrogen (secondary N) is 1. The molecule has 6 heteroatoms. The van der Waals surface area contributed by atoms with Gasteiger partial charge in [-0.2, -0.15) is 0 Å². The number of anilines is 1. The quantitative estimate of drug-likeness (QED) is 0.870. The van der Waals surface area contributed by atoms with E-state index in [1.807, 2.05) is 0 Å². The summed E-state index contributed by atoms with van der Waals surface area (Å²) in [5.41, 5.74) is 0.407. The molecule has 3 nitrogen and oxygen atoms in total. The van der Waals surface area contributed by atoms with Crippen molar-refractivity contribution >= 4 is 23.2 Å². The number of carbonyl (C=O) groups excluding carboxylic acids is 1. The largest absolute Gasteiger partial charge is 0.506 e. The van der Waals surface area contributed by atoms with Crippen molar-refractivity contribution in [3.05, 3.63) is 23.2 Å². The van der Waals surface area contributed by atoms with Crippen LogP contribution in [-0.4, -0.2) is 16.9 Å². The van der Waals surface area contributed by atoms with Crippen LogP contribution in [0, 0.1) is 5.92 Å². The molecule has 1 aliphatic rings. The van der Waals surface area contributed by atoms with E-state index in [-0.39, 0.29) is 42.4 Å². The van der Waals surface area contributed by atoms with Gasteiger partial charge in [-0.3, -0.25) is 4.79 Å². The van der Waals surface area contributed by atoms with E-state index in [0.29, 0.717) is 5.69 Å². The van der Waals surface area contributed by atoms with Gasteiger partial charge in [0.2, 0.25) is 11.8 Å². The van der Waals surface area contributed by atoms with E-state index in [9.17, 15) is 18.7 Å². The van der Waals surface area contributed by atoms with Crippen LogP contribution >= 0.6 is 11.6 Å². The first-order valence-electron chi connectivity index (χ1n) is 6.04. The SMILES string of the molecule is O=C(Nc1ccc(Cl)c(O)c1)C1CCC(F)(F)CC1. The summed E-state index contributed by atoms with van der Waals surface area (Å²) in [5.74, 6) is -3.47. The van der Waals surface area contributed by atoms with Crippen LogP contribution in [-0.2, 0) is 4.79 Å². The molecule has 0 saturated heterocycles. The molecule has 1 saturated carbocycles. The van der Waals surface area contributed by atoms with Crippen molar-refractivity contribution in [1.29, 1.82) is 0 Å². The fourth-order valence-electron chi connectivity index (χ4n) is 2.14. The number of phenolic OH excluding ortho intramolecular Hbond substituents is 1. The van der Waals surface area contributed by atoms with Crippen molar-refractivity contribution in [2.75, 3.05) is 5.32 Å². The monoisotopic (exact) mass is 289 g/mol. The van der Waals surface area contributed by atoms with Gasteiger partial charge in [0, 0.05) is 30.5 Å². The summed E-state index contributed by atoms with van der Waals surface area (Å²) in [7, 11) is 0. The lowest BCUT2D eigenvalue weighted by Crippen LogP contribution is -2.31. The highest BCUT2D eigenvalue weighted by Crippen LogP contribution is 2.36. The third-order valence-electron chi connectivity index (χ3n) is 3.30. The van der Waals surface area contributed by atoms with E-state index < -0.39 is 11.8 Å². The highest BCUT2D eigenvalue weighted by Gasteiger charge is 2.37. The molecule has 1 amide bonds. The molecule has 0 atom stereocenters. The van der Waals surface area contributed by atoms with E-state index >= 15 is 0 Å². The molecular formula is C13H14ClF2NO2. The third-order valence-corrected chi connectivity index (χ3v) is 3.62. The van der Waals surface area contributed by atoms with E-state index in [4.69, 9.17) is 11.6 Å². The molecule has 2 N–H and O–H groups in total. The Kier molecular flexibility index (Phi) is 3.94. The molecule has 1 fully saturated rings. The lowest BCUT2D eigenvalue weighted by Gasteiger charge is -2.27. The van der Waals surface area contributed by atoms with Crippen LogP contribution in [0.1, 0.15) is 25.7 Å². The molecule has 0 heterocycles. The molecule has 0 aromatic heterocycles. The number of phenols is 1. The zero-order valence-corrected chi connectivity index (χ0v) is 10.9. The maximum absolute atomic E-state index is 13.0. The first-order chi connectivity index (χ1) is 8.87. The summed E-state index contributed by atoms with van der Waals surface area (Å²) in [4.78, 5) is 11.9. The second-order valence-electron chi connectivity index (χ2n) is 4.79. The van der Waals surface area contributed by atoms with Gasteiger partial charge in [-0.1, -0.05) is 11.6 Å². The number of aromatic hydroxyl groups is 1. The Morgan fingerprint density at radius 1 is 1.37 bits per heavy atom.